The molecule has 1 unspecified atom stereocenters. The third kappa shape index (κ3) is 3.84. The summed E-state index contributed by atoms with van der Waals surface area (Å²) in [5.41, 5.74) is 1.25. The lowest BCUT2D eigenvalue weighted by Gasteiger charge is -2.43. The van der Waals surface area contributed by atoms with Crippen molar-refractivity contribution in [3.05, 3.63) is 75.5 Å². The predicted molar refractivity (Wildman–Crippen MR) is 114 cm³/mol. The highest BCUT2D eigenvalue weighted by Crippen LogP contribution is 2.21. The number of hydrogen-bond donors (Lipinski definition) is 1. The Hall–Kier alpha value is -3.10. The van der Waals surface area contributed by atoms with Crippen LogP contribution in [-0.2, 0) is 11.2 Å². The van der Waals surface area contributed by atoms with Crippen LogP contribution >= 0.6 is 0 Å². The molecule has 3 aromatic rings. The first-order chi connectivity index (χ1) is 15.1. The Labute approximate surface area is 178 Å². The van der Waals surface area contributed by atoms with Crippen LogP contribution in [-0.4, -0.2) is 71.3 Å². The first kappa shape index (κ1) is 19.8. The lowest BCUT2D eigenvalue weighted by atomic mass is 10.0. The monoisotopic (exact) mass is 422 g/mol. The fraction of sp³-hybridized carbons (Fsp3) is 0.348. The van der Waals surface area contributed by atoms with Crippen LogP contribution in [0.4, 0.5) is 4.39 Å². The summed E-state index contributed by atoms with van der Waals surface area (Å²) in [6.45, 7) is 4.07. The molecule has 2 aliphatic rings. The Balaban J connectivity index is 1.40. The van der Waals surface area contributed by atoms with Gasteiger partial charge in [0.1, 0.15) is 5.82 Å². The van der Waals surface area contributed by atoms with Gasteiger partial charge in [-0.3, -0.25) is 14.5 Å². The molecule has 0 spiro atoms. The van der Waals surface area contributed by atoms with E-state index in [4.69, 9.17) is 4.74 Å². The second kappa shape index (κ2) is 8.20. The number of hydrogen-bond acceptors (Lipinski definition) is 5. The van der Waals surface area contributed by atoms with Crippen molar-refractivity contribution >= 4 is 16.7 Å². The fourth-order valence-corrected chi connectivity index (χ4v) is 4.45. The summed E-state index contributed by atoms with van der Waals surface area (Å²) in [5.74, 6) is -0.834. The molecule has 0 bridgehead atoms. The molecule has 1 N–H and O–H groups in total. The third-order valence-corrected chi connectivity index (χ3v) is 6.13. The van der Waals surface area contributed by atoms with Gasteiger partial charge in [-0.25, -0.2) is 9.49 Å². The van der Waals surface area contributed by atoms with E-state index in [1.807, 2.05) is 12.1 Å². The number of H-pyrrole nitrogens is 1. The lowest BCUT2D eigenvalue weighted by Crippen LogP contribution is -2.59. The van der Waals surface area contributed by atoms with E-state index in [0.29, 0.717) is 43.8 Å². The molecule has 7 nitrogen and oxygen atoms in total. The smallest absolute Gasteiger partial charge is 0.272 e. The maximum Gasteiger partial charge on any atom is 0.272 e. The summed E-state index contributed by atoms with van der Waals surface area (Å²) in [4.78, 5) is 29.2. The van der Waals surface area contributed by atoms with E-state index in [1.165, 1.54) is 6.07 Å². The molecular weight excluding hydrogens is 399 g/mol. The zero-order valence-corrected chi connectivity index (χ0v) is 17.0. The van der Waals surface area contributed by atoms with E-state index in [2.05, 4.69) is 15.1 Å². The predicted octanol–water partition coefficient (Wildman–Crippen LogP) is 1.81. The molecule has 2 aliphatic heterocycles. The maximum absolute atomic E-state index is 14.6. The molecule has 1 atom stereocenters. The number of amides is 1. The van der Waals surface area contributed by atoms with Crippen LogP contribution in [0.5, 0.6) is 0 Å². The Morgan fingerprint density at radius 3 is 2.87 bits per heavy atom. The average Bonchev–Trinajstić information content (AvgIpc) is 2.81. The van der Waals surface area contributed by atoms with Crippen LogP contribution in [0, 0.1) is 5.82 Å². The van der Waals surface area contributed by atoms with Crippen molar-refractivity contribution < 1.29 is 13.9 Å². The number of halogens is 1. The van der Waals surface area contributed by atoms with E-state index < -0.39 is 5.82 Å². The van der Waals surface area contributed by atoms with Crippen molar-refractivity contribution in [1.29, 1.82) is 0 Å². The summed E-state index contributed by atoms with van der Waals surface area (Å²) in [7, 11) is 0. The van der Waals surface area contributed by atoms with Gasteiger partial charge < -0.3 is 9.64 Å². The average molecular weight is 422 g/mol. The van der Waals surface area contributed by atoms with Gasteiger partial charge in [-0.1, -0.05) is 24.3 Å². The van der Waals surface area contributed by atoms with E-state index in [1.54, 1.807) is 29.2 Å². The Morgan fingerprint density at radius 1 is 1.16 bits per heavy atom. The summed E-state index contributed by atoms with van der Waals surface area (Å²) in [6, 6.07) is 12.0. The second-order valence-corrected chi connectivity index (χ2v) is 8.05. The molecule has 1 amide bonds. The quantitative estimate of drug-likeness (QED) is 0.697. The third-order valence-electron chi connectivity index (χ3n) is 6.13. The number of nitrogens with one attached hydrogen (secondary N) is 1. The standard InChI is InChI=1S/C23H23FN4O3/c24-20-6-5-15(12-21-17-3-1-2-4-18(17)22(29)26-25-21)11-19(20)23(30)28-8-7-27-9-10-31-14-16(27)13-28/h1-6,11,16H,7-10,12-14H2,(H,26,29). The number of aromatic nitrogens is 2. The Kier molecular flexibility index (Phi) is 5.25. The van der Waals surface area contributed by atoms with Crippen LogP contribution in [0.15, 0.2) is 47.3 Å². The van der Waals surface area contributed by atoms with Gasteiger partial charge in [0.05, 0.1) is 35.9 Å². The van der Waals surface area contributed by atoms with Gasteiger partial charge in [-0.15, -0.1) is 0 Å². The Bertz CT molecular complexity index is 1190. The molecule has 0 aliphatic carbocycles. The zero-order valence-electron chi connectivity index (χ0n) is 17.0. The molecule has 0 radical (unpaired) electrons. The highest BCUT2D eigenvalue weighted by atomic mass is 19.1. The molecular formula is C23H23FN4O3. The van der Waals surface area contributed by atoms with Crippen LogP contribution < -0.4 is 5.56 Å². The first-order valence-corrected chi connectivity index (χ1v) is 10.5. The number of ether oxygens (including phenoxy) is 1. The number of benzene rings is 2. The highest BCUT2D eigenvalue weighted by molar-refractivity contribution is 5.95. The maximum atomic E-state index is 14.6. The number of fused-ring (bicyclic) bond motifs is 2. The SMILES string of the molecule is O=C(c1cc(Cc2n[nH]c(=O)c3ccccc23)ccc1F)N1CCN2CCOCC2C1. The van der Waals surface area contributed by atoms with Gasteiger partial charge >= 0.3 is 0 Å². The van der Waals surface area contributed by atoms with E-state index in [-0.39, 0.29) is 23.1 Å². The topological polar surface area (TPSA) is 78.5 Å². The number of aromatic amines is 1. The zero-order chi connectivity index (χ0) is 21.4. The molecule has 0 saturated carbocycles. The van der Waals surface area contributed by atoms with Crippen LogP contribution in [0.2, 0.25) is 0 Å². The van der Waals surface area contributed by atoms with Crippen molar-refractivity contribution in [3.8, 4) is 0 Å². The van der Waals surface area contributed by atoms with Crippen LogP contribution in [0.1, 0.15) is 21.6 Å². The van der Waals surface area contributed by atoms with Crippen molar-refractivity contribution in [2.75, 3.05) is 39.4 Å². The summed E-state index contributed by atoms with van der Waals surface area (Å²) in [5, 5.41) is 8.01. The van der Waals surface area contributed by atoms with Crippen molar-refractivity contribution in [2.24, 2.45) is 0 Å². The number of piperazine rings is 1. The number of nitrogens with zero attached hydrogens (tertiary/aromatic N) is 3. The molecule has 1 aromatic heterocycles. The number of morpholine rings is 1. The largest absolute Gasteiger partial charge is 0.378 e. The molecule has 2 fully saturated rings. The van der Waals surface area contributed by atoms with Gasteiger partial charge in [0, 0.05) is 38.0 Å². The summed E-state index contributed by atoms with van der Waals surface area (Å²) in [6.07, 6.45) is 0.377. The lowest BCUT2D eigenvalue weighted by molar-refractivity contribution is -0.0395. The van der Waals surface area contributed by atoms with E-state index in [9.17, 15) is 14.0 Å². The van der Waals surface area contributed by atoms with E-state index >= 15 is 0 Å². The van der Waals surface area contributed by atoms with Gasteiger partial charge in [0.15, 0.2) is 0 Å². The molecule has 160 valence electrons. The molecule has 8 heteroatoms. The van der Waals surface area contributed by atoms with Crippen molar-refractivity contribution in [3.63, 3.8) is 0 Å². The molecule has 2 aromatic carbocycles. The molecule has 3 heterocycles. The molecule has 5 rings (SSSR count). The molecule has 2 saturated heterocycles. The van der Waals surface area contributed by atoms with Gasteiger partial charge in [-0.2, -0.15) is 5.10 Å². The number of carbonyl (C=O) groups is 1. The summed E-state index contributed by atoms with van der Waals surface area (Å²) >= 11 is 0. The van der Waals surface area contributed by atoms with Gasteiger partial charge in [0.25, 0.3) is 11.5 Å². The normalized spacial score (nSPS) is 19.4. The van der Waals surface area contributed by atoms with Gasteiger partial charge in [-0.05, 0) is 23.8 Å². The molecule has 31 heavy (non-hydrogen) atoms. The van der Waals surface area contributed by atoms with Crippen molar-refractivity contribution in [2.45, 2.75) is 12.5 Å². The fourth-order valence-electron chi connectivity index (χ4n) is 4.45. The minimum atomic E-state index is -0.532. The van der Waals surface area contributed by atoms with Gasteiger partial charge in [0.2, 0.25) is 0 Å². The number of carbonyl (C=O) groups excluding carboxylic acids is 1. The Morgan fingerprint density at radius 2 is 2.00 bits per heavy atom. The summed E-state index contributed by atoms with van der Waals surface area (Å²) < 4.78 is 20.1. The van der Waals surface area contributed by atoms with Crippen LogP contribution in [0.25, 0.3) is 10.8 Å². The highest BCUT2D eigenvalue weighted by Gasteiger charge is 2.32. The van der Waals surface area contributed by atoms with Crippen LogP contribution in [0.3, 0.4) is 0 Å². The minimum Gasteiger partial charge on any atom is -0.378 e. The van der Waals surface area contributed by atoms with E-state index in [0.717, 1.165) is 24.0 Å². The first-order valence-electron chi connectivity index (χ1n) is 10.5. The minimum absolute atomic E-state index is 0.0661. The number of rotatable bonds is 3. The second-order valence-electron chi connectivity index (χ2n) is 8.05. The van der Waals surface area contributed by atoms with Crippen molar-refractivity contribution in [1.82, 2.24) is 20.0 Å².